The number of halogens is 4. The molecule has 0 saturated heterocycles. The van der Waals surface area contributed by atoms with Gasteiger partial charge in [0.05, 0.1) is 0 Å². The summed E-state index contributed by atoms with van der Waals surface area (Å²) in [6.45, 7) is 1.93. The molecule has 0 aliphatic rings. The molecule has 2 rings (SSSR count). The van der Waals surface area contributed by atoms with E-state index in [0.29, 0.717) is 5.56 Å². The van der Waals surface area contributed by atoms with Crippen LogP contribution in [0.2, 0.25) is 5.02 Å². The smallest absolute Gasteiger partial charge is 0.195 e. The second kappa shape index (κ2) is 5.85. The topological polar surface area (TPSA) is 12.0 Å². The van der Waals surface area contributed by atoms with Crippen molar-refractivity contribution in [3.8, 4) is 11.1 Å². The molecule has 0 aliphatic heterocycles. The third-order valence-electron chi connectivity index (χ3n) is 3.25. The van der Waals surface area contributed by atoms with Crippen LogP contribution in [0.15, 0.2) is 30.3 Å². The van der Waals surface area contributed by atoms with E-state index in [1.165, 1.54) is 6.07 Å². The molecule has 2 aromatic carbocycles. The third-order valence-corrected chi connectivity index (χ3v) is 3.58. The number of hydrogen-bond donors (Lipinski definition) is 1. The lowest BCUT2D eigenvalue weighted by atomic mass is 9.99. The average molecular weight is 300 g/mol. The molecule has 1 atom stereocenters. The zero-order chi connectivity index (χ0) is 14.9. The van der Waals surface area contributed by atoms with E-state index in [-0.39, 0.29) is 16.6 Å². The van der Waals surface area contributed by atoms with Gasteiger partial charge in [-0.25, -0.2) is 13.2 Å². The highest BCUT2D eigenvalue weighted by Crippen LogP contribution is 2.33. The molecule has 106 valence electrons. The van der Waals surface area contributed by atoms with Crippen LogP contribution in [0, 0.1) is 17.5 Å². The van der Waals surface area contributed by atoms with Crippen molar-refractivity contribution in [3.63, 3.8) is 0 Å². The molecule has 2 aromatic rings. The van der Waals surface area contributed by atoms with Crippen LogP contribution in [0.25, 0.3) is 11.1 Å². The molecule has 20 heavy (non-hydrogen) atoms. The molecular formula is C15H13ClF3N. The Morgan fingerprint density at radius 3 is 2.35 bits per heavy atom. The molecule has 0 amide bonds. The van der Waals surface area contributed by atoms with Gasteiger partial charge in [-0.1, -0.05) is 17.7 Å². The van der Waals surface area contributed by atoms with E-state index in [1.54, 1.807) is 25.2 Å². The van der Waals surface area contributed by atoms with E-state index in [2.05, 4.69) is 5.32 Å². The lowest BCUT2D eigenvalue weighted by Crippen LogP contribution is -2.12. The van der Waals surface area contributed by atoms with E-state index < -0.39 is 17.5 Å². The largest absolute Gasteiger partial charge is 0.313 e. The summed E-state index contributed by atoms with van der Waals surface area (Å²) in [7, 11) is 1.79. The van der Waals surface area contributed by atoms with Crippen LogP contribution in [-0.4, -0.2) is 7.05 Å². The van der Waals surface area contributed by atoms with Crippen LogP contribution < -0.4 is 5.32 Å². The summed E-state index contributed by atoms with van der Waals surface area (Å²) in [5, 5.41) is 3.32. The Kier molecular flexibility index (Phi) is 4.35. The zero-order valence-corrected chi connectivity index (χ0v) is 11.7. The normalized spacial score (nSPS) is 12.5. The number of rotatable bonds is 3. The van der Waals surface area contributed by atoms with Gasteiger partial charge in [0.15, 0.2) is 17.5 Å². The molecule has 0 spiro atoms. The van der Waals surface area contributed by atoms with E-state index in [1.807, 2.05) is 6.92 Å². The maximum atomic E-state index is 13.9. The van der Waals surface area contributed by atoms with E-state index in [0.717, 1.165) is 11.6 Å². The Morgan fingerprint density at radius 2 is 1.70 bits per heavy atom. The number of nitrogens with one attached hydrogen (secondary N) is 1. The van der Waals surface area contributed by atoms with E-state index in [9.17, 15) is 13.2 Å². The van der Waals surface area contributed by atoms with Gasteiger partial charge in [0, 0.05) is 22.2 Å². The monoisotopic (exact) mass is 299 g/mol. The van der Waals surface area contributed by atoms with E-state index >= 15 is 0 Å². The summed E-state index contributed by atoms with van der Waals surface area (Å²) in [4.78, 5) is 0. The molecule has 5 heteroatoms. The highest BCUT2D eigenvalue weighted by atomic mass is 35.5. The minimum atomic E-state index is -1.49. The lowest BCUT2D eigenvalue weighted by molar-refractivity contribution is 0.449. The Hall–Kier alpha value is -1.52. The van der Waals surface area contributed by atoms with Gasteiger partial charge in [0.1, 0.15) is 0 Å². The highest BCUT2D eigenvalue weighted by molar-refractivity contribution is 6.33. The second-order valence-electron chi connectivity index (χ2n) is 4.47. The zero-order valence-electron chi connectivity index (χ0n) is 11.0. The van der Waals surface area contributed by atoms with Crippen molar-refractivity contribution >= 4 is 11.6 Å². The lowest BCUT2D eigenvalue weighted by Gasteiger charge is -2.14. The van der Waals surface area contributed by atoms with Crippen molar-refractivity contribution in [2.75, 3.05) is 7.05 Å². The third kappa shape index (κ3) is 2.67. The molecule has 0 aliphatic carbocycles. The van der Waals surface area contributed by atoms with Crippen LogP contribution in [0.4, 0.5) is 13.2 Å². The summed E-state index contributed by atoms with van der Waals surface area (Å²) in [6, 6.07) is 7.17. The first-order valence-corrected chi connectivity index (χ1v) is 6.44. The molecule has 0 bridgehead atoms. The van der Waals surface area contributed by atoms with Gasteiger partial charge >= 0.3 is 0 Å². The van der Waals surface area contributed by atoms with Gasteiger partial charge in [-0.3, -0.25) is 0 Å². The fourth-order valence-electron chi connectivity index (χ4n) is 1.92. The number of hydrogen-bond acceptors (Lipinski definition) is 1. The molecule has 0 radical (unpaired) electrons. The Morgan fingerprint density at radius 1 is 1.00 bits per heavy atom. The summed E-state index contributed by atoms with van der Waals surface area (Å²) in [5.74, 6) is -3.95. The quantitative estimate of drug-likeness (QED) is 0.810. The van der Waals surface area contributed by atoms with Crippen molar-refractivity contribution in [2.45, 2.75) is 13.0 Å². The molecule has 1 N–H and O–H groups in total. The van der Waals surface area contributed by atoms with Crippen molar-refractivity contribution in [3.05, 3.63) is 58.4 Å². The SMILES string of the molecule is CNC(C)c1ccc(Cl)c(-c2ccc(F)c(F)c2F)c1. The van der Waals surface area contributed by atoms with Crippen LogP contribution in [0.5, 0.6) is 0 Å². The minimum Gasteiger partial charge on any atom is -0.313 e. The Balaban J connectivity index is 2.60. The molecule has 1 unspecified atom stereocenters. The van der Waals surface area contributed by atoms with Gasteiger partial charge < -0.3 is 5.32 Å². The van der Waals surface area contributed by atoms with Crippen LogP contribution in [0.1, 0.15) is 18.5 Å². The van der Waals surface area contributed by atoms with Crippen molar-refractivity contribution < 1.29 is 13.2 Å². The fourth-order valence-corrected chi connectivity index (χ4v) is 2.14. The molecular weight excluding hydrogens is 287 g/mol. The van der Waals surface area contributed by atoms with Crippen molar-refractivity contribution in [2.24, 2.45) is 0 Å². The molecule has 0 fully saturated rings. The van der Waals surface area contributed by atoms with Crippen LogP contribution in [-0.2, 0) is 0 Å². The Labute approximate surface area is 120 Å². The fraction of sp³-hybridized carbons (Fsp3) is 0.200. The van der Waals surface area contributed by atoms with Crippen LogP contribution in [0.3, 0.4) is 0 Å². The number of benzene rings is 2. The van der Waals surface area contributed by atoms with Crippen molar-refractivity contribution in [1.82, 2.24) is 5.32 Å². The summed E-state index contributed by atoms with van der Waals surface area (Å²) in [6.07, 6.45) is 0. The van der Waals surface area contributed by atoms with Gasteiger partial charge in [0.2, 0.25) is 0 Å². The Bertz CT molecular complexity index is 643. The first kappa shape index (κ1) is 14.9. The minimum absolute atomic E-state index is 0.0272. The maximum Gasteiger partial charge on any atom is 0.195 e. The molecule has 0 aromatic heterocycles. The van der Waals surface area contributed by atoms with Gasteiger partial charge in [-0.15, -0.1) is 0 Å². The second-order valence-corrected chi connectivity index (χ2v) is 4.88. The van der Waals surface area contributed by atoms with E-state index in [4.69, 9.17) is 11.6 Å². The predicted octanol–water partition coefficient (Wildman–Crippen LogP) is 4.70. The predicted molar refractivity (Wildman–Crippen MR) is 74.2 cm³/mol. The molecule has 0 saturated carbocycles. The van der Waals surface area contributed by atoms with Gasteiger partial charge in [-0.2, -0.15) is 0 Å². The summed E-state index contributed by atoms with van der Waals surface area (Å²) >= 11 is 6.04. The summed E-state index contributed by atoms with van der Waals surface area (Å²) in [5.41, 5.74) is 1.15. The first-order valence-electron chi connectivity index (χ1n) is 6.06. The van der Waals surface area contributed by atoms with Crippen molar-refractivity contribution in [1.29, 1.82) is 0 Å². The highest BCUT2D eigenvalue weighted by Gasteiger charge is 2.17. The maximum absolute atomic E-state index is 13.9. The summed E-state index contributed by atoms with van der Waals surface area (Å²) < 4.78 is 40.2. The standard InChI is InChI=1S/C15H13ClF3N/c1-8(20-2)9-3-5-12(16)11(7-9)10-4-6-13(17)15(19)14(10)18/h3-8,20H,1-2H3. The molecule has 1 nitrogen and oxygen atoms in total. The first-order chi connectivity index (χ1) is 9.45. The molecule has 0 heterocycles. The van der Waals surface area contributed by atoms with Gasteiger partial charge in [-0.05, 0) is 43.8 Å². The van der Waals surface area contributed by atoms with Crippen LogP contribution >= 0.6 is 11.6 Å². The average Bonchev–Trinajstić information content (AvgIpc) is 2.45. The van der Waals surface area contributed by atoms with Gasteiger partial charge in [0.25, 0.3) is 0 Å².